The lowest BCUT2D eigenvalue weighted by Gasteiger charge is -2.14. The molecule has 1 amide bonds. The minimum atomic E-state index is -0.246. The molecule has 0 aromatic heterocycles. The summed E-state index contributed by atoms with van der Waals surface area (Å²) in [4.78, 5) is 12.3. The van der Waals surface area contributed by atoms with Crippen LogP contribution in [0.15, 0.2) is 42.5 Å². The lowest BCUT2D eigenvalue weighted by atomic mass is 10.1. The van der Waals surface area contributed by atoms with Gasteiger partial charge in [-0.05, 0) is 36.6 Å². The van der Waals surface area contributed by atoms with Gasteiger partial charge in [-0.25, -0.2) is 0 Å². The number of methoxy groups -OCH3 is 1. The number of carbonyl (C=O) groups excluding carboxylic acids is 1. The van der Waals surface area contributed by atoms with E-state index < -0.39 is 0 Å². The van der Waals surface area contributed by atoms with E-state index in [9.17, 15) is 4.79 Å². The molecule has 0 saturated carbocycles. The highest BCUT2D eigenvalue weighted by Crippen LogP contribution is 2.29. The highest BCUT2D eigenvalue weighted by molar-refractivity contribution is 5.93. The predicted octanol–water partition coefficient (Wildman–Crippen LogP) is 4.45. The number of anilines is 1. The first-order chi connectivity index (χ1) is 12.7. The Kier molecular flexibility index (Phi) is 7.80. The number of carbonyl (C=O) groups is 1. The molecule has 0 aliphatic rings. The van der Waals surface area contributed by atoms with Gasteiger partial charge in [-0.15, -0.1) is 0 Å². The molecule has 0 fully saturated rings. The Balaban J connectivity index is 2.02. The predicted molar refractivity (Wildman–Crippen MR) is 103 cm³/mol. The Hall–Kier alpha value is -2.69. The summed E-state index contributed by atoms with van der Waals surface area (Å²) >= 11 is 0. The van der Waals surface area contributed by atoms with Crippen molar-refractivity contribution in [2.45, 2.75) is 33.1 Å². The Labute approximate surface area is 155 Å². The molecule has 2 aromatic carbocycles. The van der Waals surface area contributed by atoms with E-state index in [1.807, 2.05) is 30.3 Å². The molecule has 1 N–H and O–H groups in total. The average Bonchev–Trinajstić information content (AvgIpc) is 2.67. The molecular weight excluding hydrogens is 330 g/mol. The van der Waals surface area contributed by atoms with E-state index >= 15 is 0 Å². The summed E-state index contributed by atoms with van der Waals surface area (Å²) in [5, 5.41) is 2.85. The molecule has 2 rings (SSSR count). The molecule has 0 aliphatic carbocycles. The van der Waals surface area contributed by atoms with Crippen molar-refractivity contribution in [3.63, 3.8) is 0 Å². The normalized spacial score (nSPS) is 10.3. The molecule has 0 heterocycles. The fourth-order valence-corrected chi connectivity index (χ4v) is 2.45. The highest BCUT2D eigenvalue weighted by Gasteiger charge is 2.11. The van der Waals surface area contributed by atoms with E-state index in [4.69, 9.17) is 14.2 Å². The van der Waals surface area contributed by atoms with Crippen LogP contribution in [0.1, 0.15) is 32.3 Å². The Morgan fingerprint density at radius 1 is 1.04 bits per heavy atom. The smallest absolute Gasteiger partial charge is 0.262 e. The van der Waals surface area contributed by atoms with Crippen LogP contribution in [0.2, 0.25) is 0 Å². The van der Waals surface area contributed by atoms with Crippen LogP contribution in [-0.2, 0) is 11.2 Å². The number of ether oxygens (including phenoxy) is 3. The highest BCUT2D eigenvalue weighted by atomic mass is 16.5. The van der Waals surface area contributed by atoms with Crippen molar-refractivity contribution in [1.29, 1.82) is 0 Å². The third-order valence-electron chi connectivity index (χ3n) is 3.93. The van der Waals surface area contributed by atoms with E-state index in [1.54, 1.807) is 19.2 Å². The Morgan fingerprint density at radius 3 is 2.58 bits per heavy atom. The van der Waals surface area contributed by atoms with Crippen LogP contribution < -0.4 is 19.5 Å². The second kappa shape index (κ2) is 10.3. The van der Waals surface area contributed by atoms with Crippen LogP contribution in [0.25, 0.3) is 0 Å². The number of unbranched alkanes of at least 4 members (excludes halogenated alkanes) is 1. The monoisotopic (exact) mass is 357 g/mol. The maximum Gasteiger partial charge on any atom is 0.262 e. The lowest BCUT2D eigenvalue weighted by molar-refractivity contribution is -0.118. The van der Waals surface area contributed by atoms with Gasteiger partial charge in [0.1, 0.15) is 17.2 Å². The summed E-state index contributed by atoms with van der Waals surface area (Å²) in [7, 11) is 1.59. The van der Waals surface area contributed by atoms with Gasteiger partial charge in [0.2, 0.25) is 0 Å². The fraction of sp³-hybridized carbons (Fsp3) is 0.381. The fourth-order valence-electron chi connectivity index (χ4n) is 2.45. The second-order valence-electron chi connectivity index (χ2n) is 5.86. The average molecular weight is 357 g/mol. The van der Waals surface area contributed by atoms with Gasteiger partial charge >= 0.3 is 0 Å². The third-order valence-corrected chi connectivity index (χ3v) is 3.93. The van der Waals surface area contributed by atoms with E-state index in [0.29, 0.717) is 23.8 Å². The number of nitrogens with one attached hydrogen (secondary N) is 1. The minimum Gasteiger partial charge on any atom is -0.497 e. The molecule has 0 atom stereocenters. The Bertz CT molecular complexity index is 715. The molecule has 5 nitrogen and oxygen atoms in total. The van der Waals surface area contributed by atoms with E-state index in [0.717, 1.165) is 30.6 Å². The summed E-state index contributed by atoms with van der Waals surface area (Å²) in [6, 6.07) is 13.1. The first-order valence-electron chi connectivity index (χ1n) is 8.99. The van der Waals surface area contributed by atoms with Crippen molar-refractivity contribution in [2.75, 3.05) is 25.6 Å². The number of hydrogen-bond acceptors (Lipinski definition) is 4. The van der Waals surface area contributed by atoms with Crippen LogP contribution in [-0.4, -0.2) is 26.2 Å². The second-order valence-corrected chi connectivity index (χ2v) is 5.86. The number of amides is 1. The van der Waals surface area contributed by atoms with Crippen LogP contribution in [0.5, 0.6) is 17.2 Å². The first kappa shape index (κ1) is 19.6. The molecule has 0 radical (unpaired) electrons. The molecule has 0 aliphatic heterocycles. The van der Waals surface area contributed by atoms with Crippen molar-refractivity contribution in [1.82, 2.24) is 0 Å². The summed E-state index contributed by atoms with van der Waals surface area (Å²) in [6.45, 7) is 4.69. The molecule has 0 saturated heterocycles. The van der Waals surface area contributed by atoms with Gasteiger partial charge in [0.15, 0.2) is 6.61 Å². The summed E-state index contributed by atoms with van der Waals surface area (Å²) in [6.07, 6.45) is 2.85. The standard InChI is InChI=1S/C21H27NO4/c1-4-6-13-25-20-12-11-17(24-3)14-18(20)22-21(23)15-26-19-10-8-7-9-16(19)5-2/h7-12,14H,4-6,13,15H2,1-3H3,(H,22,23). The van der Waals surface area contributed by atoms with Crippen LogP contribution in [0.4, 0.5) is 5.69 Å². The molecule has 5 heteroatoms. The van der Waals surface area contributed by atoms with Crippen molar-refractivity contribution in [3.05, 3.63) is 48.0 Å². The summed E-state index contributed by atoms with van der Waals surface area (Å²) < 4.78 is 16.7. The van der Waals surface area contributed by atoms with Crippen LogP contribution >= 0.6 is 0 Å². The van der Waals surface area contributed by atoms with Gasteiger partial charge in [0.05, 0.1) is 19.4 Å². The van der Waals surface area contributed by atoms with Gasteiger partial charge in [-0.3, -0.25) is 4.79 Å². The SMILES string of the molecule is CCCCOc1ccc(OC)cc1NC(=O)COc1ccccc1CC. The van der Waals surface area contributed by atoms with Gasteiger partial charge < -0.3 is 19.5 Å². The zero-order valence-corrected chi connectivity index (χ0v) is 15.7. The maximum absolute atomic E-state index is 12.3. The summed E-state index contributed by atoms with van der Waals surface area (Å²) in [5.41, 5.74) is 1.66. The zero-order chi connectivity index (χ0) is 18.8. The number of aryl methyl sites for hydroxylation is 1. The maximum atomic E-state index is 12.3. The van der Waals surface area contributed by atoms with Gasteiger partial charge in [0, 0.05) is 6.07 Å². The molecule has 0 spiro atoms. The van der Waals surface area contributed by atoms with Crippen molar-refractivity contribution in [2.24, 2.45) is 0 Å². The molecule has 26 heavy (non-hydrogen) atoms. The Morgan fingerprint density at radius 2 is 1.85 bits per heavy atom. The number of rotatable bonds is 10. The quantitative estimate of drug-likeness (QED) is 0.638. The van der Waals surface area contributed by atoms with Gasteiger partial charge in [-0.1, -0.05) is 38.5 Å². The van der Waals surface area contributed by atoms with Crippen molar-refractivity contribution in [3.8, 4) is 17.2 Å². The minimum absolute atomic E-state index is 0.0668. The van der Waals surface area contributed by atoms with Gasteiger partial charge in [-0.2, -0.15) is 0 Å². The zero-order valence-electron chi connectivity index (χ0n) is 15.7. The molecule has 2 aromatic rings. The number of hydrogen-bond donors (Lipinski definition) is 1. The summed E-state index contributed by atoms with van der Waals surface area (Å²) in [5.74, 6) is 1.77. The van der Waals surface area contributed by atoms with E-state index in [1.165, 1.54) is 0 Å². The van der Waals surface area contributed by atoms with E-state index in [-0.39, 0.29) is 12.5 Å². The molecular formula is C21H27NO4. The lowest BCUT2D eigenvalue weighted by Crippen LogP contribution is -2.21. The topological polar surface area (TPSA) is 56.8 Å². The molecule has 140 valence electrons. The van der Waals surface area contributed by atoms with E-state index in [2.05, 4.69) is 19.2 Å². The first-order valence-corrected chi connectivity index (χ1v) is 8.99. The number of benzene rings is 2. The largest absolute Gasteiger partial charge is 0.497 e. The van der Waals surface area contributed by atoms with Gasteiger partial charge in [0.25, 0.3) is 5.91 Å². The third kappa shape index (κ3) is 5.69. The van der Waals surface area contributed by atoms with Crippen molar-refractivity contribution < 1.29 is 19.0 Å². The van der Waals surface area contributed by atoms with Crippen molar-refractivity contribution >= 4 is 11.6 Å². The number of para-hydroxylation sites is 1. The van der Waals surface area contributed by atoms with Crippen LogP contribution in [0, 0.1) is 0 Å². The molecule has 0 unspecified atom stereocenters. The van der Waals surface area contributed by atoms with Crippen LogP contribution in [0.3, 0.4) is 0 Å². The molecule has 0 bridgehead atoms.